The van der Waals surface area contributed by atoms with Gasteiger partial charge in [0, 0.05) is 18.5 Å². The first kappa shape index (κ1) is 20.2. The third-order valence-electron chi connectivity index (χ3n) is 8.59. The maximum atomic E-state index is 6.79. The van der Waals surface area contributed by atoms with Crippen molar-refractivity contribution in [1.29, 1.82) is 0 Å². The van der Waals surface area contributed by atoms with Crippen LogP contribution in [0.3, 0.4) is 0 Å². The minimum absolute atomic E-state index is 0.545. The Balaban J connectivity index is 1.62. The third-order valence-corrected chi connectivity index (χ3v) is 9.83. The lowest BCUT2D eigenvalue weighted by atomic mass is 9.67. The Labute approximate surface area is 192 Å². The Morgan fingerprint density at radius 2 is 1.97 bits per heavy atom. The van der Waals surface area contributed by atoms with Crippen LogP contribution in [0, 0.1) is 12.3 Å². The van der Waals surface area contributed by atoms with Crippen LogP contribution >= 0.6 is 11.3 Å². The summed E-state index contributed by atoms with van der Waals surface area (Å²) < 4.78 is 11.2. The molecule has 1 saturated carbocycles. The molecule has 0 unspecified atom stereocenters. The van der Waals surface area contributed by atoms with E-state index in [2.05, 4.69) is 62.3 Å². The molecule has 1 fully saturated rings. The molecule has 0 radical (unpaired) electrons. The average Bonchev–Trinajstić information content (AvgIpc) is 3.37. The number of thiophene rings is 1. The Morgan fingerprint density at radius 3 is 2.69 bits per heavy atom. The molecule has 1 aliphatic carbocycles. The van der Waals surface area contributed by atoms with Gasteiger partial charge in [0.1, 0.15) is 17.5 Å². The van der Waals surface area contributed by atoms with Gasteiger partial charge in [-0.25, -0.2) is 9.55 Å². The van der Waals surface area contributed by atoms with E-state index in [1.165, 1.54) is 76.2 Å². The molecule has 0 spiro atoms. The van der Waals surface area contributed by atoms with E-state index in [4.69, 9.17) is 9.40 Å². The van der Waals surface area contributed by atoms with Crippen LogP contribution in [0.25, 0.3) is 43.2 Å². The van der Waals surface area contributed by atoms with Crippen LogP contribution in [0.15, 0.2) is 29.1 Å². The highest BCUT2D eigenvalue weighted by Crippen LogP contribution is 2.51. The molecule has 4 heterocycles. The Morgan fingerprint density at radius 1 is 1.22 bits per heavy atom. The summed E-state index contributed by atoms with van der Waals surface area (Å²) in [4.78, 5) is 7.35. The molecule has 4 aromatic heterocycles. The summed E-state index contributed by atoms with van der Waals surface area (Å²) in [6.45, 7) is 6.97. The molecule has 1 aliphatic rings. The van der Waals surface area contributed by atoms with Gasteiger partial charge in [0.05, 0.1) is 33.6 Å². The smallest absolute Gasteiger partial charge is 0.216 e. The molecule has 0 amide bonds. The highest BCUT2D eigenvalue weighted by atomic mass is 32.1. The van der Waals surface area contributed by atoms with Gasteiger partial charge >= 0.3 is 0 Å². The Kier molecular flexibility index (Phi) is 4.45. The van der Waals surface area contributed by atoms with Gasteiger partial charge in [-0.15, -0.1) is 11.3 Å². The van der Waals surface area contributed by atoms with Crippen molar-refractivity contribution in [1.82, 2.24) is 9.55 Å². The zero-order valence-electron chi connectivity index (χ0n) is 19.8. The molecule has 32 heavy (non-hydrogen) atoms. The fourth-order valence-corrected chi connectivity index (χ4v) is 7.49. The third kappa shape index (κ3) is 2.67. The van der Waals surface area contributed by atoms with Crippen LogP contribution in [0.5, 0.6) is 0 Å². The van der Waals surface area contributed by atoms with Crippen molar-refractivity contribution < 1.29 is 8.98 Å². The first-order valence-corrected chi connectivity index (χ1v) is 12.9. The number of hydrogen-bond donors (Lipinski definition) is 0. The van der Waals surface area contributed by atoms with E-state index in [-0.39, 0.29) is 0 Å². The van der Waals surface area contributed by atoms with E-state index in [9.17, 15) is 0 Å². The van der Waals surface area contributed by atoms with E-state index in [0.29, 0.717) is 11.3 Å². The SMILES string of the molecule is CCC1(CC)CCC(c2sc3ncn(C)c4c5c(C)c6cc[n+](C)c6cc5oc2c34)CC1. The van der Waals surface area contributed by atoms with Gasteiger partial charge < -0.3 is 8.98 Å². The van der Waals surface area contributed by atoms with Gasteiger partial charge in [0.25, 0.3) is 0 Å². The highest BCUT2D eigenvalue weighted by molar-refractivity contribution is 7.19. The number of hydrogen-bond acceptors (Lipinski definition) is 3. The number of aromatic nitrogens is 3. The second kappa shape index (κ2) is 7.05. The molecular weight excluding hydrogens is 414 g/mol. The van der Waals surface area contributed by atoms with Crippen LogP contribution in [0.2, 0.25) is 0 Å². The summed E-state index contributed by atoms with van der Waals surface area (Å²) in [5.41, 5.74) is 6.37. The van der Waals surface area contributed by atoms with Gasteiger partial charge in [-0.3, -0.25) is 0 Å². The molecule has 4 nitrogen and oxygen atoms in total. The zero-order chi connectivity index (χ0) is 22.2. The summed E-state index contributed by atoms with van der Waals surface area (Å²) in [5.74, 6) is 0.579. The van der Waals surface area contributed by atoms with E-state index < -0.39 is 0 Å². The molecule has 0 bridgehead atoms. The van der Waals surface area contributed by atoms with Crippen molar-refractivity contribution >= 4 is 54.5 Å². The fourth-order valence-electron chi connectivity index (χ4n) is 6.25. The molecule has 0 aliphatic heterocycles. The van der Waals surface area contributed by atoms with Crippen molar-refractivity contribution in [2.24, 2.45) is 19.5 Å². The molecule has 6 rings (SSSR count). The van der Waals surface area contributed by atoms with E-state index in [0.717, 1.165) is 16.0 Å². The molecule has 5 heteroatoms. The standard InChI is InChI=1S/C27H32N3OS/c1-6-27(7-2)11-8-17(9-12-27)25-24-22-23(30(5)15-28-26(22)32-25)21-16(3)18-10-13-29(4)19(18)14-20(21)31-24/h10,13-15,17H,6-9,11-12H2,1-5H3/q+1. The summed E-state index contributed by atoms with van der Waals surface area (Å²) in [6, 6.07) is 4.45. The second-order valence-corrected chi connectivity index (χ2v) is 11.0. The van der Waals surface area contributed by atoms with Crippen LogP contribution < -0.4 is 4.57 Å². The Bertz CT molecular complexity index is 1490. The van der Waals surface area contributed by atoms with Gasteiger partial charge in [-0.2, -0.15) is 0 Å². The number of fused-ring (bicyclic) bond motifs is 3. The minimum Gasteiger partial charge on any atom is -0.454 e. The first-order chi connectivity index (χ1) is 15.5. The number of nitrogens with zero attached hydrogens (tertiary/aromatic N) is 3. The number of benzene rings is 1. The quantitative estimate of drug-likeness (QED) is 0.215. The predicted octanol–water partition coefficient (Wildman–Crippen LogP) is 7.28. The largest absolute Gasteiger partial charge is 0.454 e. The van der Waals surface area contributed by atoms with Gasteiger partial charge in [0.15, 0.2) is 11.8 Å². The van der Waals surface area contributed by atoms with Crippen molar-refractivity contribution in [2.45, 2.75) is 65.2 Å². The number of aryl methyl sites for hydroxylation is 3. The first-order valence-electron chi connectivity index (χ1n) is 12.0. The lowest BCUT2D eigenvalue weighted by Gasteiger charge is -2.38. The average molecular weight is 447 g/mol. The van der Waals surface area contributed by atoms with Gasteiger partial charge in [0.2, 0.25) is 5.52 Å². The predicted molar refractivity (Wildman–Crippen MR) is 134 cm³/mol. The maximum Gasteiger partial charge on any atom is 0.216 e. The van der Waals surface area contributed by atoms with Crippen molar-refractivity contribution in [2.75, 3.05) is 0 Å². The van der Waals surface area contributed by atoms with Crippen molar-refractivity contribution in [3.05, 3.63) is 35.1 Å². The lowest BCUT2D eigenvalue weighted by molar-refractivity contribution is -0.642. The molecule has 0 saturated heterocycles. The summed E-state index contributed by atoms with van der Waals surface area (Å²) in [6.07, 6.45) is 11.9. The lowest BCUT2D eigenvalue weighted by Crippen LogP contribution is -2.25. The molecule has 166 valence electrons. The molecule has 0 N–H and O–H groups in total. The van der Waals surface area contributed by atoms with Crippen LogP contribution in [0.1, 0.15) is 68.7 Å². The number of rotatable bonds is 3. The summed E-state index contributed by atoms with van der Waals surface area (Å²) in [5, 5.41) is 3.72. The summed E-state index contributed by atoms with van der Waals surface area (Å²) >= 11 is 1.86. The Hall–Kier alpha value is -2.40. The van der Waals surface area contributed by atoms with Crippen LogP contribution in [0.4, 0.5) is 0 Å². The molecule has 5 aromatic rings. The van der Waals surface area contributed by atoms with Gasteiger partial charge in [-0.05, 0) is 49.5 Å². The minimum atomic E-state index is 0.545. The topological polar surface area (TPSA) is 34.8 Å². The normalized spacial score (nSPS) is 17.4. The zero-order valence-corrected chi connectivity index (χ0v) is 20.6. The van der Waals surface area contributed by atoms with Gasteiger partial charge in [-0.1, -0.05) is 26.7 Å². The highest BCUT2D eigenvalue weighted by Gasteiger charge is 2.35. The van der Waals surface area contributed by atoms with Crippen LogP contribution in [-0.2, 0) is 14.1 Å². The molecule has 1 aromatic carbocycles. The van der Waals surface area contributed by atoms with E-state index in [1.54, 1.807) is 0 Å². The van der Waals surface area contributed by atoms with Crippen LogP contribution in [-0.4, -0.2) is 9.55 Å². The molecular formula is C27H32N3OS+. The van der Waals surface area contributed by atoms with E-state index >= 15 is 0 Å². The van der Waals surface area contributed by atoms with Crippen molar-refractivity contribution in [3.63, 3.8) is 0 Å². The second-order valence-electron chi connectivity index (χ2n) is 10.00. The van der Waals surface area contributed by atoms with E-state index in [1.807, 2.05) is 17.7 Å². The fraction of sp³-hybridized carbons (Fsp3) is 0.481. The molecule has 0 atom stereocenters. The monoisotopic (exact) mass is 446 g/mol. The van der Waals surface area contributed by atoms with Crippen molar-refractivity contribution in [3.8, 4) is 0 Å². The maximum absolute atomic E-state index is 6.79. The summed E-state index contributed by atoms with van der Waals surface area (Å²) in [7, 11) is 4.23.